The molecule has 0 fully saturated rings. The number of fused-ring (bicyclic) bond motifs is 8. The van der Waals surface area contributed by atoms with E-state index < -0.39 is 0 Å². The third kappa shape index (κ3) is 4.85. The van der Waals surface area contributed by atoms with Crippen LogP contribution in [0.2, 0.25) is 0 Å². The molecule has 1 radical (unpaired) electrons. The first-order chi connectivity index (χ1) is 21.3. The number of hydrogen-bond donors (Lipinski definition) is 0. The number of furan rings is 1. The summed E-state index contributed by atoms with van der Waals surface area (Å²) in [4.78, 5) is 8.99. The maximum absolute atomic E-state index is 6.26. The average Bonchev–Trinajstić information content (AvgIpc) is 3.48. The zero-order chi connectivity index (χ0) is 28.6. The van der Waals surface area contributed by atoms with Gasteiger partial charge in [-0.25, -0.2) is 0 Å². The van der Waals surface area contributed by atoms with Crippen LogP contribution in [0.3, 0.4) is 0 Å². The Bertz CT molecular complexity index is 2360. The Morgan fingerprint density at radius 2 is 1.23 bits per heavy atom. The van der Waals surface area contributed by atoms with Gasteiger partial charge >= 0.3 is 0 Å². The van der Waals surface area contributed by atoms with E-state index in [0.29, 0.717) is 0 Å². The van der Waals surface area contributed by atoms with Crippen LogP contribution in [0.5, 0.6) is 0 Å². The van der Waals surface area contributed by atoms with E-state index in [1.807, 2.05) is 72.9 Å². The Balaban J connectivity index is 0.000000203. The molecule has 9 aromatic rings. The molecular weight excluding hydrogens is 717 g/mol. The molecule has 0 amide bonds. The fraction of sp³-hybridized carbons (Fsp3) is 0. The number of rotatable bonds is 2. The van der Waals surface area contributed by atoms with E-state index >= 15 is 0 Å². The standard InChI is InChI=1S/C29H16NO.C11H8N.Ir/c1-2-7-19-18(6-1)12-13-21-20(19)14-15-24-22(21)16-17-30-28(24)26-10-5-9-25-23-8-3-4-11-27(23)31-29(25)26;1-2-6-10(7-3-1)11-8-4-5-9-12-11;/h1-9,11-17H;1-6,8-9H;/q2*-1;. The van der Waals surface area contributed by atoms with E-state index in [0.717, 1.165) is 49.8 Å². The Morgan fingerprint density at radius 1 is 0.477 bits per heavy atom. The van der Waals surface area contributed by atoms with E-state index in [-0.39, 0.29) is 20.1 Å². The molecule has 0 bridgehead atoms. The topological polar surface area (TPSA) is 38.9 Å². The van der Waals surface area contributed by atoms with Gasteiger partial charge in [-0.05, 0) is 61.9 Å². The van der Waals surface area contributed by atoms with Gasteiger partial charge in [0.05, 0.1) is 5.58 Å². The number of pyridine rings is 2. The van der Waals surface area contributed by atoms with Crippen LogP contribution in [0, 0.1) is 12.1 Å². The molecule has 0 atom stereocenters. The first-order valence-corrected chi connectivity index (χ1v) is 14.2. The quantitative estimate of drug-likeness (QED) is 0.131. The van der Waals surface area contributed by atoms with E-state index in [1.165, 1.54) is 26.9 Å². The van der Waals surface area contributed by atoms with Crippen molar-refractivity contribution in [1.29, 1.82) is 0 Å². The first kappa shape index (κ1) is 27.7. The fourth-order valence-electron chi connectivity index (χ4n) is 5.89. The van der Waals surface area contributed by atoms with Crippen molar-refractivity contribution in [2.24, 2.45) is 0 Å². The van der Waals surface area contributed by atoms with Gasteiger partial charge in [-0.15, -0.1) is 54.1 Å². The molecule has 44 heavy (non-hydrogen) atoms. The molecule has 0 N–H and O–H groups in total. The maximum atomic E-state index is 6.26. The summed E-state index contributed by atoms with van der Waals surface area (Å²) in [5, 5.41) is 9.52. The molecule has 0 spiro atoms. The minimum absolute atomic E-state index is 0. The molecule has 211 valence electrons. The van der Waals surface area contributed by atoms with Crippen LogP contribution in [0.25, 0.3) is 76.8 Å². The normalized spacial score (nSPS) is 11.0. The van der Waals surface area contributed by atoms with Crippen LogP contribution >= 0.6 is 0 Å². The van der Waals surface area contributed by atoms with Crippen LogP contribution in [-0.4, -0.2) is 9.97 Å². The number of nitrogens with zero attached hydrogens (tertiary/aromatic N) is 2. The number of aromatic nitrogens is 2. The summed E-state index contributed by atoms with van der Waals surface area (Å²) in [5.41, 5.74) is 5.53. The molecule has 9 rings (SSSR count). The van der Waals surface area contributed by atoms with Gasteiger partial charge in [0.2, 0.25) is 0 Å². The average molecular weight is 741 g/mol. The zero-order valence-electron chi connectivity index (χ0n) is 23.5. The van der Waals surface area contributed by atoms with Crippen molar-refractivity contribution >= 4 is 54.3 Å². The Labute approximate surface area is 268 Å². The van der Waals surface area contributed by atoms with E-state index in [4.69, 9.17) is 9.40 Å². The molecule has 3 heterocycles. The van der Waals surface area contributed by atoms with Gasteiger partial charge < -0.3 is 14.4 Å². The van der Waals surface area contributed by atoms with Gasteiger partial charge in [0.1, 0.15) is 5.58 Å². The molecule has 0 aliphatic heterocycles. The van der Waals surface area contributed by atoms with Gasteiger partial charge in [-0.3, -0.25) is 0 Å². The molecule has 3 nitrogen and oxygen atoms in total. The van der Waals surface area contributed by atoms with Crippen LogP contribution in [0.1, 0.15) is 0 Å². The second kappa shape index (κ2) is 11.9. The van der Waals surface area contributed by atoms with Gasteiger partial charge in [-0.2, -0.15) is 0 Å². The monoisotopic (exact) mass is 741 g/mol. The molecular formula is C40H24IrN2O-2. The maximum Gasteiger partial charge on any atom is 0.120 e. The number of para-hydroxylation sites is 1. The van der Waals surface area contributed by atoms with Gasteiger partial charge in [0.15, 0.2) is 0 Å². The van der Waals surface area contributed by atoms with Crippen LogP contribution < -0.4 is 0 Å². The van der Waals surface area contributed by atoms with Crippen molar-refractivity contribution in [2.45, 2.75) is 0 Å². The second-order valence-electron chi connectivity index (χ2n) is 10.4. The molecule has 4 heteroatoms. The second-order valence-corrected chi connectivity index (χ2v) is 10.4. The van der Waals surface area contributed by atoms with Gasteiger partial charge in [0, 0.05) is 37.9 Å². The molecule has 6 aromatic carbocycles. The summed E-state index contributed by atoms with van der Waals surface area (Å²) in [6, 6.07) is 51.8. The molecule has 0 aliphatic carbocycles. The molecule has 0 aliphatic rings. The van der Waals surface area contributed by atoms with Crippen molar-refractivity contribution in [3.63, 3.8) is 0 Å². The summed E-state index contributed by atoms with van der Waals surface area (Å²) in [6.45, 7) is 0. The summed E-state index contributed by atoms with van der Waals surface area (Å²) in [7, 11) is 0. The van der Waals surface area contributed by atoms with Crippen LogP contribution in [0.15, 0.2) is 150 Å². The molecule has 0 saturated heterocycles. The predicted octanol–water partition coefficient (Wildman–Crippen LogP) is 10.5. The van der Waals surface area contributed by atoms with E-state index in [2.05, 4.69) is 83.8 Å². The summed E-state index contributed by atoms with van der Waals surface area (Å²) in [6.07, 6.45) is 3.68. The van der Waals surface area contributed by atoms with E-state index in [9.17, 15) is 0 Å². The predicted molar refractivity (Wildman–Crippen MR) is 177 cm³/mol. The first-order valence-electron chi connectivity index (χ1n) is 14.2. The van der Waals surface area contributed by atoms with Crippen molar-refractivity contribution < 1.29 is 24.5 Å². The van der Waals surface area contributed by atoms with Crippen molar-refractivity contribution in [2.75, 3.05) is 0 Å². The largest absolute Gasteiger partial charge is 0.501 e. The Kier molecular flexibility index (Phi) is 7.45. The van der Waals surface area contributed by atoms with Crippen molar-refractivity contribution in [3.8, 4) is 22.5 Å². The zero-order valence-corrected chi connectivity index (χ0v) is 25.9. The van der Waals surface area contributed by atoms with Gasteiger partial charge in [-0.1, -0.05) is 89.8 Å². The Hall–Kier alpha value is -5.15. The summed E-state index contributed by atoms with van der Waals surface area (Å²) in [5.74, 6) is 0. The van der Waals surface area contributed by atoms with Crippen LogP contribution in [0.4, 0.5) is 0 Å². The molecule has 3 aromatic heterocycles. The third-order valence-corrected chi connectivity index (χ3v) is 7.89. The minimum Gasteiger partial charge on any atom is -0.501 e. The smallest absolute Gasteiger partial charge is 0.120 e. The van der Waals surface area contributed by atoms with Gasteiger partial charge in [0.25, 0.3) is 0 Å². The summed E-state index contributed by atoms with van der Waals surface area (Å²) >= 11 is 0. The number of hydrogen-bond acceptors (Lipinski definition) is 3. The minimum atomic E-state index is 0. The van der Waals surface area contributed by atoms with Crippen LogP contribution in [-0.2, 0) is 20.1 Å². The fourth-order valence-corrected chi connectivity index (χ4v) is 5.89. The Morgan fingerprint density at radius 3 is 2.09 bits per heavy atom. The van der Waals surface area contributed by atoms with Crippen molar-refractivity contribution in [1.82, 2.24) is 9.97 Å². The molecule has 0 saturated carbocycles. The number of benzene rings is 6. The molecule has 0 unspecified atom stereocenters. The van der Waals surface area contributed by atoms with Crippen molar-refractivity contribution in [3.05, 3.63) is 158 Å². The third-order valence-electron chi connectivity index (χ3n) is 7.89. The summed E-state index contributed by atoms with van der Waals surface area (Å²) < 4.78 is 6.26. The van der Waals surface area contributed by atoms with E-state index in [1.54, 1.807) is 6.20 Å². The SMILES string of the molecule is [Ir].[c-]1ccc2c(oc3ccccc32)c1-c1nccc2c1ccc1c3ccccc3ccc21.[c-]1ccccc1-c1ccccn1.